The van der Waals surface area contributed by atoms with Crippen LogP contribution in [0.5, 0.6) is 0 Å². The summed E-state index contributed by atoms with van der Waals surface area (Å²) in [7, 11) is 0. The van der Waals surface area contributed by atoms with Crippen LogP contribution in [0.1, 0.15) is 28.2 Å². The number of furan rings is 3. The van der Waals surface area contributed by atoms with Crippen LogP contribution in [0.25, 0.3) is 115 Å². The molecule has 0 saturated heterocycles. The number of hydrogen-bond acceptors (Lipinski definition) is 3. The van der Waals surface area contributed by atoms with Crippen LogP contribution >= 0.6 is 0 Å². The fourth-order valence-corrected chi connectivity index (χ4v) is 11.8. The van der Waals surface area contributed by atoms with Crippen LogP contribution in [-0.2, 0) is 0 Å². The molecule has 3 heteroatoms. The first-order valence-corrected chi connectivity index (χ1v) is 23.1. The summed E-state index contributed by atoms with van der Waals surface area (Å²) >= 11 is 0. The zero-order chi connectivity index (χ0) is 43.7. The lowest BCUT2D eigenvalue weighted by Crippen LogP contribution is -2.22. The minimum absolute atomic E-state index is 0.114. The lowest BCUT2D eigenvalue weighted by Gasteiger charge is -2.36. The Bertz CT molecular complexity index is 4300. The Balaban J connectivity index is 0.858. The molecule has 0 amide bonds. The summed E-state index contributed by atoms with van der Waals surface area (Å²) in [5.74, 6) is 0.261. The molecule has 3 nitrogen and oxygen atoms in total. The van der Waals surface area contributed by atoms with Crippen molar-refractivity contribution in [3.63, 3.8) is 0 Å². The molecule has 10 aromatic carbocycles. The van der Waals surface area contributed by atoms with Gasteiger partial charge in [-0.2, -0.15) is 0 Å². The fourth-order valence-electron chi connectivity index (χ4n) is 11.8. The van der Waals surface area contributed by atoms with Gasteiger partial charge in [-0.25, -0.2) is 0 Å². The van der Waals surface area contributed by atoms with Gasteiger partial charge < -0.3 is 13.3 Å². The van der Waals surface area contributed by atoms with Gasteiger partial charge in [0.1, 0.15) is 33.5 Å². The molecule has 0 bridgehead atoms. The quantitative estimate of drug-likeness (QED) is 0.166. The number of benzene rings is 10. The molecule has 15 rings (SSSR count). The SMILES string of the molecule is C1=CC2=C(c3ccc4c(c3)oc3ccccc34)c3ccccc3C(c3ccc4oc5cc(-c6c7ccccc7c(-c7ccc8c(c7)oc7ccccc78)c7ccccc67)ccc5c4c3)C2C=C1. The number of hydrogen-bond donors (Lipinski definition) is 0. The molecule has 13 aromatic rings. The Morgan fingerprint density at radius 3 is 1.39 bits per heavy atom. The molecule has 312 valence electrons. The Morgan fingerprint density at radius 2 is 0.791 bits per heavy atom. The van der Waals surface area contributed by atoms with Crippen molar-refractivity contribution in [3.05, 3.63) is 246 Å². The highest BCUT2D eigenvalue weighted by molar-refractivity contribution is 6.22. The highest BCUT2D eigenvalue weighted by Gasteiger charge is 2.36. The van der Waals surface area contributed by atoms with Gasteiger partial charge in [0.05, 0.1) is 0 Å². The first-order chi connectivity index (χ1) is 33.2. The van der Waals surface area contributed by atoms with Gasteiger partial charge in [-0.05, 0) is 138 Å². The third-order valence-corrected chi connectivity index (χ3v) is 14.7. The summed E-state index contributed by atoms with van der Waals surface area (Å²) in [4.78, 5) is 0. The van der Waals surface area contributed by atoms with Gasteiger partial charge in [-0.3, -0.25) is 0 Å². The summed E-state index contributed by atoms with van der Waals surface area (Å²) in [6.45, 7) is 0. The highest BCUT2D eigenvalue weighted by Crippen LogP contribution is 2.52. The Morgan fingerprint density at radius 1 is 0.328 bits per heavy atom. The molecule has 67 heavy (non-hydrogen) atoms. The van der Waals surface area contributed by atoms with Gasteiger partial charge in [0.15, 0.2) is 0 Å². The fraction of sp³-hybridized carbons (Fsp3) is 0.0312. The maximum atomic E-state index is 6.79. The monoisotopic (exact) mass is 854 g/mol. The normalized spacial score (nSPS) is 15.9. The van der Waals surface area contributed by atoms with Crippen LogP contribution in [-0.4, -0.2) is 0 Å². The summed E-state index contributed by atoms with van der Waals surface area (Å²) in [6, 6.07) is 70.2. The zero-order valence-corrected chi connectivity index (χ0v) is 36.2. The van der Waals surface area contributed by atoms with E-state index in [1.165, 1.54) is 66.1 Å². The minimum Gasteiger partial charge on any atom is -0.456 e. The molecule has 2 aliphatic carbocycles. The molecule has 0 fully saturated rings. The Kier molecular flexibility index (Phi) is 7.62. The standard InChI is InChI=1S/C64H38O3/c1-3-17-48-46(15-1)61(47-16-2-4-18-49(47)62(48)38-25-29-43-41-13-9-11-23-55(41)65-58(43)34-38)37-28-32-57-54(33-37)45-31-27-40(36-60(45)67-57)64-52-21-7-5-19-50(52)63(51-20-6-8-22-53(51)64)39-26-30-44-42-14-10-12-24-56(42)66-59(44)35-39/h1-36,46,61H. The van der Waals surface area contributed by atoms with E-state index in [1.807, 2.05) is 18.2 Å². The van der Waals surface area contributed by atoms with Crippen molar-refractivity contribution in [2.24, 2.45) is 5.92 Å². The van der Waals surface area contributed by atoms with Gasteiger partial charge in [-0.15, -0.1) is 0 Å². The average Bonchev–Trinajstić information content (AvgIpc) is 4.07. The molecular weight excluding hydrogens is 817 g/mol. The minimum atomic E-state index is 0.114. The van der Waals surface area contributed by atoms with E-state index in [-0.39, 0.29) is 11.8 Å². The van der Waals surface area contributed by atoms with Crippen molar-refractivity contribution >= 4 is 92.9 Å². The smallest absolute Gasteiger partial charge is 0.136 e. The van der Waals surface area contributed by atoms with Crippen LogP contribution in [0.3, 0.4) is 0 Å². The van der Waals surface area contributed by atoms with Crippen molar-refractivity contribution in [3.8, 4) is 22.3 Å². The molecule has 3 aromatic heterocycles. The lowest BCUT2D eigenvalue weighted by molar-refractivity contribution is 0.647. The predicted octanol–water partition coefficient (Wildman–Crippen LogP) is 17.7. The topological polar surface area (TPSA) is 39.4 Å². The van der Waals surface area contributed by atoms with Crippen LogP contribution in [0.4, 0.5) is 0 Å². The largest absolute Gasteiger partial charge is 0.456 e. The van der Waals surface area contributed by atoms with Crippen molar-refractivity contribution in [1.29, 1.82) is 0 Å². The van der Waals surface area contributed by atoms with Gasteiger partial charge in [0.25, 0.3) is 0 Å². The number of fused-ring (bicyclic) bond motifs is 13. The average molecular weight is 855 g/mol. The summed E-state index contributed by atoms with van der Waals surface area (Å²) in [6.07, 6.45) is 9.10. The molecule has 0 N–H and O–H groups in total. The van der Waals surface area contributed by atoms with Crippen molar-refractivity contribution < 1.29 is 13.3 Å². The second-order valence-corrected chi connectivity index (χ2v) is 18.2. The third kappa shape index (κ3) is 5.34. The maximum absolute atomic E-state index is 6.79. The number of para-hydroxylation sites is 2. The van der Waals surface area contributed by atoms with Gasteiger partial charge in [0, 0.05) is 44.2 Å². The van der Waals surface area contributed by atoms with Crippen molar-refractivity contribution in [2.45, 2.75) is 5.92 Å². The van der Waals surface area contributed by atoms with E-state index < -0.39 is 0 Å². The Labute approximate surface area is 384 Å². The molecule has 2 unspecified atom stereocenters. The molecular formula is C64H38O3. The first-order valence-electron chi connectivity index (χ1n) is 23.1. The predicted molar refractivity (Wildman–Crippen MR) is 277 cm³/mol. The van der Waals surface area contributed by atoms with E-state index in [9.17, 15) is 0 Å². The molecule has 2 aliphatic rings. The molecule has 0 aliphatic heterocycles. The van der Waals surface area contributed by atoms with Crippen LogP contribution in [0, 0.1) is 5.92 Å². The number of rotatable bonds is 4. The lowest BCUT2D eigenvalue weighted by atomic mass is 9.66. The second-order valence-electron chi connectivity index (χ2n) is 18.2. The van der Waals surface area contributed by atoms with Crippen LogP contribution < -0.4 is 0 Å². The van der Waals surface area contributed by atoms with Crippen LogP contribution in [0.15, 0.2) is 237 Å². The molecule has 2 atom stereocenters. The Hall–Kier alpha value is -8.66. The van der Waals surface area contributed by atoms with Crippen molar-refractivity contribution in [2.75, 3.05) is 0 Å². The molecule has 3 heterocycles. The van der Waals surface area contributed by atoms with Gasteiger partial charge in [-0.1, -0.05) is 158 Å². The van der Waals surface area contributed by atoms with Crippen LogP contribution in [0.2, 0.25) is 0 Å². The molecule has 0 radical (unpaired) electrons. The van der Waals surface area contributed by atoms with Crippen molar-refractivity contribution in [1.82, 2.24) is 0 Å². The van der Waals surface area contributed by atoms with Gasteiger partial charge >= 0.3 is 0 Å². The summed E-state index contributed by atoms with van der Waals surface area (Å²) < 4.78 is 19.6. The summed E-state index contributed by atoms with van der Waals surface area (Å²) in [5.41, 5.74) is 17.7. The number of allylic oxidation sites excluding steroid dienone is 5. The van der Waals surface area contributed by atoms with E-state index in [1.54, 1.807) is 0 Å². The molecule has 0 spiro atoms. The van der Waals surface area contributed by atoms with E-state index in [2.05, 4.69) is 200 Å². The van der Waals surface area contributed by atoms with E-state index in [4.69, 9.17) is 13.3 Å². The maximum Gasteiger partial charge on any atom is 0.136 e. The zero-order valence-electron chi connectivity index (χ0n) is 36.2. The highest BCUT2D eigenvalue weighted by atomic mass is 16.3. The molecule has 0 saturated carbocycles. The third-order valence-electron chi connectivity index (χ3n) is 14.7. The second kappa shape index (κ2) is 13.9. The van der Waals surface area contributed by atoms with E-state index in [0.717, 1.165) is 76.9 Å². The van der Waals surface area contributed by atoms with Gasteiger partial charge in [0.2, 0.25) is 0 Å². The van der Waals surface area contributed by atoms with E-state index in [0.29, 0.717) is 0 Å². The van der Waals surface area contributed by atoms with E-state index >= 15 is 0 Å². The summed E-state index contributed by atoms with van der Waals surface area (Å²) in [5, 5.41) is 11.6. The first kappa shape index (κ1) is 36.7.